The zero-order chi connectivity index (χ0) is 8.81. The molecule has 0 spiro atoms. The number of hydrogen-bond donors (Lipinski definition) is 0. The minimum absolute atomic E-state index is 0.108. The number of rotatable bonds is 3. The maximum atomic E-state index is 2.49. The second-order valence-electron chi connectivity index (χ2n) is 3.31. The van der Waals surface area contributed by atoms with E-state index < -0.39 is 0 Å². The summed E-state index contributed by atoms with van der Waals surface area (Å²) in [7, 11) is 0.251. The number of hydrogen-bond acceptors (Lipinski definition) is 0. The lowest BCUT2D eigenvalue weighted by atomic mass is 10.4. The Morgan fingerprint density at radius 3 is 2.42 bits per heavy atom. The summed E-state index contributed by atoms with van der Waals surface area (Å²) < 4.78 is 0. The van der Waals surface area contributed by atoms with Gasteiger partial charge in [-0.25, -0.2) is 0 Å². The molecule has 0 radical (unpaired) electrons. The van der Waals surface area contributed by atoms with Crippen LogP contribution in [0.4, 0.5) is 0 Å². The van der Waals surface area contributed by atoms with E-state index in [1.807, 2.05) is 0 Å². The van der Waals surface area contributed by atoms with Crippen molar-refractivity contribution in [3.05, 3.63) is 41.6 Å². The summed E-state index contributed by atoms with van der Waals surface area (Å²) in [6.45, 7) is 4.40. The van der Waals surface area contributed by atoms with Crippen molar-refractivity contribution in [1.29, 1.82) is 0 Å². The number of allylic oxidation sites excluding steroid dienone is 1. The highest BCUT2D eigenvalue weighted by Gasteiger charge is 1.89. The predicted octanol–water partition coefficient (Wildman–Crippen LogP) is 0.488. The summed E-state index contributed by atoms with van der Waals surface area (Å²) >= 11 is 0. The van der Waals surface area contributed by atoms with Crippen molar-refractivity contribution in [3.8, 4) is 0 Å². The van der Waals surface area contributed by atoms with Gasteiger partial charge < -0.3 is 0 Å². The molecule has 0 fully saturated rings. The van der Waals surface area contributed by atoms with Gasteiger partial charge in [-0.1, -0.05) is 41.1 Å². The van der Waals surface area contributed by atoms with Gasteiger partial charge in [0.2, 0.25) is 0 Å². The lowest BCUT2D eigenvalue weighted by molar-refractivity contribution is 1.41. The van der Waals surface area contributed by atoms with E-state index in [-0.39, 0.29) is 18.1 Å². The third-order valence-electron chi connectivity index (χ3n) is 1.83. The van der Waals surface area contributed by atoms with E-state index in [0.29, 0.717) is 0 Å². The van der Waals surface area contributed by atoms with Crippen molar-refractivity contribution >= 4 is 23.3 Å². The Bertz CT molecular complexity index is 248. The van der Waals surface area contributed by atoms with Crippen molar-refractivity contribution in [1.82, 2.24) is 0 Å². The molecule has 0 atom stereocenters. The van der Waals surface area contributed by atoms with Gasteiger partial charge in [-0.05, 0) is 13.8 Å². The zero-order valence-corrected chi connectivity index (χ0v) is 10.7. The fourth-order valence-corrected chi connectivity index (χ4v) is 7.00. The van der Waals surface area contributed by atoms with Crippen LogP contribution in [0.5, 0.6) is 0 Å². The largest absolute Gasteiger partial charge is 0.106 e. The molecule has 1 rings (SSSR count). The molecule has 0 aliphatic heterocycles. The fourth-order valence-electron chi connectivity index (χ4n) is 1.17. The molecule has 0 saturated carbocycles. The molecule has 0 bridgehead atoms. The molecule has 0 nitrogen and oxygen atoms in total. The molecule has 0 aliphatic rings. The van der Waals surface area contributed by atoms with Crippen LogP contribution in [0, 0.1) is 0 Å². The Kier molecular flexibility index (Phi) is 4.04. The van der Waals surface area contributed by atoms with Crippen LogP contribution in [-0.4, -0.2) is 18.1 Å². The van der Waals surface area contributed by atoms with Gasteiger partial charge in [0.15, 0.2) is 0 Å². The summed E-state index contributed by atoms with van der Waals surface area (Å²) in [5.41, 5.74) is 3.99. The highest BCUT2D eigenvalue weighted by molar-refractivity contribution is 7.09. The Hall–Kier alpha value is -0.606. The van der Waals surface area contributed by atoms with Gasteiger partial charge >= 0.3 is 0 Å². The maximum Gasteiger partial charge on any atom is 0.0469 e. The molecule has 0 heterocycles. The monoisotopic (exact) mass is 192 g/mol. The predicted molar refractivity (Wildman–Crippen MR) is 62.6 cm³/mol. The smallest absolute Gasteiger partial charge is 0.0469 e. The van der Waals surface area contributed by atoms with Gasteiger partial charge in [0.25, 0.3) is 0 Å². The van der Waals surface area contributed by atoms with Gasteiger partial charge in [0.05, 0.1) is 0 Å². The van der Waals surface area contributed by atoms with Crippen molar-refractivity contribution < 1.29 is 0 Å². The van der Waals surface area contributed by atoms with E-state index in [9.17, 15) is 0 Å². The zero-order valence-electron chi connectivity index (χ0n) is 7.88. The normalized spacial score (nSPS) is 11.5. The van der Waals surface area contributed by atoms with Gasteiger partial charge in [0, 0.05) is 18.1 Å². The van der Waals surface area contributed by atoms with Crippen LogP contribution in [0.15, 0.2) is 41.6 Å². The summed E-state index contributed by atoms with van der Waals surface area (Å²) in [5, 5.41) is 1.63. The van der Waals surface area contributed by atoms with Crippen LogP contribution in [0.3, 0.4) is 0 Å². The molecule has 12 heavy (non-hydrogen) atoms. The molecule has 64 valence electrons. The second kappa shape index (κ2) is 5.11. The van der Waals surface area contributed by atoms with E-state index in [1.165, 1.54) is 5.57 Å². The standard InChI is InChI=1S/C10H16Si2/c1-9(2)8-11-12-10-6-4-3-5-7-10/h3-8H,11-12H2,1-2H3. The van der Waals surface area contributed by atoms with Crippen molar-refractivity contribution in [3.63, 3.8) is 0 Å². The van der Waals surface area contributed by atoms with E-state index in [0.717, 1.165) is 0 Å². The van der Waals surface area contributed by atoms with E-state index >= 15 is 0 Å². The topological polar surface area (TPSA) is 0 Å². The molecule has 0 N–H and O–H groups in total. The van der Waals surface area contributed by atoms with Crippen LogP contribution in [0.25, 0.3) is 0 Å². The van der Waals surface area contributed by atoms with Gasteiger partial charge in [-0.3, -0.25) is 0 Å². The quantitative estimate of drug-likeness (QED) is 0.612. The second-order valence-corrected chi connectivity index (χ2v) is 8.84. The molecule has 0 aromatic heterocycles. The first-order chi connectivity index (χ1) is 5.79. The third-order valence-corrected chi connectivity index (χ3v) is 7.74. The average Bonchev–Trinajstić information content (AvgIpc) is 2.05. The molecule has 1 aromatic carbocycles. The molecule has 0 unspecified atom stereocenters. The first-order valence-corrected chi connectivity index (χ1v) is 9.98. The van der Waals surface area contributed by atoms with Crippen molar-refractivity contribution in [2.75, 3.05) is 0 Å². The van der Waals surface area contributed by atoms with E-state index in [2.05, 4.69) is 49.9 Å². The van der Waals surface area contributed by atoms with Gasteiger partial charge in [0.1, 0.15) is 0 Å². The minimum Gasteiger partial charge on any atom is -0.106 e. The molecule has 0 saturated heterocycles. The first-order valence-electron chi connectivity index (χ1n) is 4.46. The molecular weight excluding hydrogens is 176 g/mol. The Morgan fingerprint density at radius 1 is 1.17 bits per heavy atom. The molecule has 0 amide bonds. The third kappa shape index (κ3) is 3.69. The van der Waals surface area contributed by atoms with Crippen molar-refractivity contribution in [2.45, 2.75) is 13.8 Å². The summed E-state index contributed by atoms with van der Waals surface area (Å²) in [5.74, 6) is 0. The van der Waals surface area contributed by atoms with Gasteiger partial charge in [-0.15, -0.1) is 5.70 Å². The van der Waals surface area contributed by atoms with E-state index in [4.69, 9.17) is 0 Å². The maximum absolute atomic E-state index is 2.49. The Balaban J connectivity index is 2.39. The number of benzene rings is 1. The Morgan fingerprint density at radius 2 is 1.83 bits per heavy atom. The van der Waals surface area contributed by atoms with Crippen LogP contribution in [0.2, 0.25) is 0 Å². The summed E-state index contributed by atoms with van der Waals surface area (Å²) in [6.07, 6.45) is 0. The SMILES string of the molecule is CC(C)=C[SiH2][SiH2]c1ccccc1. The van der Waals surface area contributed by atoms with Crippen LogP contribution >= 0.6 is 0 Å². The van der Waals surface area contributed by atoms with Crippen LogP contribution in [0.1, 0.15) is 13.8 Å². The minimum atomic E-state index is 0.108. The lowest BCUT2D eigenvalue weighted by Crippen LogP contribution is -2.18. The highest BCUT2D eigenvalue weighted by atomic mass is 29.1. The highest BCUT2D eigenvalue weighted by Crippen LogP contribution is 1.85. The van der Waals surface area contributed by atoms with E-state index in [1.54, 1.807) is 5.19 Å². The fraction of sp³-hybridized carbons (Fsp3) is 0.200. The summed E-state index contributed by atoms with van der Waals surface area (Å²) in [6, 6.07) is 11.0. The van der Waals surface area contributed by atoms with Gasteiger partial charge in [-0.2, -0.15) is 0 Å². The van der Waals surface area contributed by atoms with Crippen LogP contribution in [-0.2, 0) is 0 Å². The average molecular weight is 192 g/mol. The van der Waals surface area contributed by atoms with Crippen molar-refractivity contribution in [2.24, 2.45) is 0 Å². The Labute approximate surface area is 79.1 Å². The molecule has 2 heteroatoms. The molecule has 1 aromatic rings. The summed E-state index contributed by atoms with van der Waals surface area (Å²) in [4.78, 5) is 0. The lowest BCUT2D eigenvalue weighted by Gasteiger charge is -1.95. The first kappa shape index (κ1) is 9.48. The molecular formula is C10H16Si2. The van der Waals surface area contributed by atoms with Crippen LogP contribution < -0.4 is 5.19 Å². The molecule has 0 aliphatic carbocycles.